The van der Waals surface area contributed by atoms with E-state index in [0.29, 0.717) is 23.3 Å². The Morgan fingerprint density at radius 3 is 2.52 bits per heavy atom. The lowest BCUT2D eigenvalue weighted by atomic mass is 10.1. The minimum atomic E-state index is -0.403. The monoisotopic (exact) mass is 423 g/mol. The van der Waals surface area contributed by atoms with E-state index in [1.54, 1.807) is 38.3 Å². The van der Waals surface area contributed by atoms with Gasteiger partial charge in [0.25, 0.3) is 5.91 Å². The highest BCUT2D eigenvalue weighted by Gasteiger charge is 2.20. The lowest BCUT2D eigenvalue weighted by molar-refractivity contribution is -0.123. The second-order valence-corrected chi connectivity index (χ2v) is 6.77. The van der Waals surface area contributed by atoms with Crippen molar-refractivity contribution < 1.29 is 23.8 Å². The van der Waals surface area contributed by atoms with Gasteiger partial charge in [0, 0.05) is 23.6 Å². The van der Waals surface area contributed by atoms with E-state index < -0.39 is 5.91 Å². The maximum Gasteiger partial charge on any atom is 0.340 e. The van der Waals surface area contributed by atoms with Crippen molar-refractivity contribution in [1.82, 2.24) is 9.99 Å². The summed E-state index contributed by atoms with van der Waals surface area (Å²) in [4.78, 5) is 24.4. The minimum absolute atomic E-state index is 0.216. The Kier molecular flexibility index (Phi) is 6.92. The predicted molar refractivity (Wildman–Crippen MR) is 118 cm³/mol. The average molecular weight is 423 g/mol. The molecule has 0 atom stereocenters. The lowest BCUT2D eigenvalue weighted by Crippen LogP contribution is -2.24. The molecule has 0 spiro atoms. The molecule has 3 rings (SSSR count). The SMILES string of the molecule is CCOC(=O)c1c(C)n(C)c2ccc(OCC(=O)N/N=C/c3ccc(OC)cc3)cc12. The molecule has 8 nitrogen and oxygen atoms in total. The molecule has 0 saturated carbocycles. The van der Waals surface area contributed by atoms with Crippen molar-refractivity contribution in [2.75, 3.05) is 20.3 Å². The third-order valence-electron chi connectivity index (χ3n) is 4.83. The molecule has 2 aromatic carbocycles. The molecule has 1 aromatic heterocycles. The van der Waals surface area contributed by atoms with Crippen LogP contribution in [-0.2, 0) is 16.6 Å². The van der Waals surface area contributed by atoms with Crippen LogP contribution in [0.1, 0.15) is 28.5 Å². The normalized spacial score (nSPS) is 11.0. The zero-order chi connectivity index (χ0) is 22.4. The zero-order valence-corrected chi connectivity index (χ0v) is 18.0. The van der Waals surface area contributed by atoms with Gasteiger partial charge in [-0.1, -0.05) is 0 Å². The fourth-order valence-corrected chi connectivity index (χ4v) is 3.15. The first kappa shape index (κ1) is 21.9. The van der Waals surface area contributed by atoms with Crippen LogP contribution in [0, 0.1) is 6.92 Å². The van der Waals surface area contributed by atoms with Gasteiger partial charge >= 0.3 is 5.97 Å². The first-order valence-corrected chi connectivity index (χ1v) is 9.79. The van der Waals surface area contributed by atoms with Gasteiger partial charge in [-0.05, 0) is 61.9 Å². The molecule has 0 saturated heterocycles. The third-order valence-corrected chi connectivity index (χ3v) is 4.83. The Bertz CT molecular complexity index is 1120. The minimum Gasteiger partial charge on any atom is -0.497 e. The molecule has 0 aliphatic rings. The molecular formula is C23H25N3O5. The molecule has 0 aliphatic heterocycles. The van der Waals surface area contributed by atoms with Gasteiger partial charge in [0.1, 0.15) is 11.5 Å². The van der Waals surface area contributed by atoms with E-state index in [0.717, 1.165) is 22.5 Å². The van der Waals surface area contributed by atoms with Crippen LogP contribution in [0.5, 0.6) is 11.5 Å². The molecular weight excluding hydrogens is 398 g/mol. The number of esters is 1. The van der Waals surface area contributed by atoms with Crippen molar-refractivity contribution in [1.29, 1.82) is 0 Å². The molecule has 0 fully saturated rings. The summed E-state index contributed by atoms with van der Waals surface area (Å²) in [5, 5.41) is 4.64. The highest BCUT2D eigenvalue weighted by Crippen LogP contribution is 2.29. The van der Waals surface area contributed by atoms with E-state index >= 15 is 0 Å². The number of nitrogens with zero attached hydrogens (tertiary/aromatic N) is 2. The number of hydrogen-bond acceptors (Lipinski definition) is 6. The summed E-state index contributed by atoms with van der Waals surface area (Å²) >= 11 is 0. The molecule has 1 amide bonds. The van der Waals surface area contributed by atoms with E-state index in [1.165, 1.54) is 6.21 Å². The molecule has 3 aromatic rings. The van der Waals surface area contributed by atoms with Gasteiger partial charge < -0.3 is 18.8 Å². The van der Waals surface area contributed by atoms with E-state index in [1.807, 2.05) is 36.7 Å². The maximum absolute atomic E-state index is 12.4. The fourth-order valence-electron chi connectivity index (χ4n) is 3.15. The number of hydrazone groups is 1. The Morgan fingerprint density at radius 2 is 1.84 bits per heavy atom. The fraction of sp³-hybridized carbons (Fsp3) is 0.261. The smallest absolute Gasteiger partial charge is 0.340 e. The van der Waals surface area contributed by atoms with Crippen molar-refractivity contribution in [3.63, 3.8) is 0 Å². The summed E-state index contributed by atoms with van der Waals surface area (Å²) in [5.41, 5.74) is 5.42. The Hall–Kier alpha value is -3.81. The Labute approximate surface area is 180 Å². The number of carbonyl (C=O) groups is 2. The van der Waals surface area contributed by atoms with Crippen LogP contribution in [0.15, 0.2) is 47.6 Å². The molecule has 162 valence electrons. The summed E-state index contributed by atoms with van der Waals surface area (Å²) in [7, 11) is 3.48. The number of ether oxygens (including phenoxy) is 3. The van der Waals surface area contributed by atoms with E-state index in [-0.39, 0.29) is 12.6 Å². The van der Waals surface area contributed by atoms with E-state index in [4.69, 9.17) is 14.2 Å². The quantitative estimate of drug-likeness (QED) is 0.341. The summed E-state index contributed by atoms with van der Waals surface area (Å²) in [6, 6.07) is 12.6. The predicted octanol–water partition coefficient (Wildman–Crippen LogP) is 3.20. The first-order chi connectivity index (χ1) is 14.9. The third kappa shape index (κ3) is 5.03. The molecule has 0 bridgehead atoms. The number of nitrogens with one attached hydrogen (secondary N) is 1. The van der Waals surface area contributed by atoms with Crippen LogP contribution in [0.3, 0.4) is 0 Å². The highest BCUT2D eigenvalue weighted by molar-refractivity contribution is 6.06. The number of aryl methyl sites for hydroxylation is 1. The molecule has 31 heavy (non-hydrogen) atoms. The number of benzene rings is 2. The van der Waals surface area contributed by atoms with Crippen LogP contribution in [0.2, 0.25) is 0 Å². The largest absolute Gasteiger partial charge is 0.497 e. The van der Waals surface area contributed by atoms with Crippen LogP contribution in [-0.4, -0.2) is 43.0 Å². The van der Waals surface area contributed by atoms with Gasteiger partial charge in [-0.25, -0.2) is 10.2 Å². The van der Waals surface area contributed by atoms with Crippen LogP contribution < -0.4 is 14.9 Å². The van der Waals surface area contributed by atoms with E-state index in [9.17, 15) is 9.59 Å². The molecule has 8 heteroatoms. The molecule has 0 radical (unpaired) electrons. The zero-order valence-electron chi connectivity index (χ0n) is 18.0. The number of fused-ring (bicyclic) bond motifs is 1. The topological polar surface area (TPSA) is 91.2 Å². The standard InChI is InChI=1S/C23H25N3O5/c1-5-30-23(28)22-15(2)26(3)20-11-10-18(12-19(20)22)31-14-21(27)25-24-13-16-6-8-17(29-4)9-7-16/h6-13H,5,14H2,1-4H3,(H,25,27)/b24-13+. The number of hydrogen-bond donors (Lipinski definition) is 1. The van der Waals surface area contributed by atoms with Crippen LogP contribution >= 0.6 is 0 Å². The number of methoxy groups -OCH3 is 1. The first-order valence-electron chi connectivity index (χ1n) is 9.79. The lowest BCUT2D eigenvalue weighted by Gasteiger charge is -2.06. The van der Waals surface area contributed by atoms with Crippen molar-refractivity contribution in [2.45, 2.75) is 13.8 Å². The highest BCUT2D eigenvalue weighted by atomic mass is 16.5. The van der Waals surface area contributed by atoms with Crippen LogP contribution in [0.4, 0.5) is 0 Å². The Morgan fingerprint density at radius 1 is 1.13 bits per heavy atom. The molecule has 0 aliphatic carbocycles. The summed E-state index contributed by atoms with van der Waals surface area (Å²) in [5.74, 6) is 0.428. The second kappa shape index (κ2) is 9.80. The number of rotatable bonds is 8. The summed E-state index contributed by atoms with van der Waals surface area (Å²) < 4.78 is 17.8. The van der Waals surface area contributed by atoms with Gasteiger partial charge in [-0.3, -0.25) is 4.79 Å². The van der Waals surface area contributed by atoms with Gasteiger partial charge in [0.05, 0.1) is 25.5 Å². The number of carbonyl (C=O) groups excluding carboxylic acids is 2. The van der Waals surface area contributed by atoms with Crippen LogP contribution in [0.25, 0.3) is 10.9 Å². The molecule has 1 N–H and O–H groups in total. The Balaban J connectivity index is 1.64. The van der Waals surface area contributed by atoms with Gasteiger partial charge in [0.15, 0.2) is 6.61 Å². The van der Waals surface area contributed by atoms with E-state index in [2.05, 4.69) is 10.5 Å². The van der Waals surface area contributed by atoms with Crippen molar-refractivity contribution >= 4 is 29.0 Å². The maximum atomic E-state index is 12.4. The number of amides is 1. The van der Waals surface area contributed by atoms with Gasteiger partial charge in [-0.15, -0.1) is 0 Å². The number of aromatic nitrogens is 1. The van der Waals surface area contributed by atoms with Gasteiger partial charge in [-0.2, -0.15) is 5.10 Å². The molecule has 0 unspecified atom stereocenters. The van der Waals surface area contributed by atoms with Gasteiger partial charge in [0.2, 0.25) is 0 Å². The summed E-state index contributed by atoms with van der Waals surface area (Å²) in [6.07, 6.45) is 1.53. The van der Waals surface area contributed by atoms with Crippen molar-refractivity contribution in [3.05, 3.63) is 59.3 Å². The second-order valence-electron chi connectivity index (χ2n) is 6.77. The van der Waals surface area contributed by atoms with Crippen molar-refractivity contribution in [2.24, 2.45) is 12.1 Å². The van der Waals surface area contributed by atoms with Crippen molar-refractivity contribution in [3.8, 4) is 11.5 Å². The summed E-state index contributed by atoms with van der Waals surface area (Å²) in [6.45, 7) is 3.71. The average Bonchev–Trinajstić information content (AvgIpc) is 3.02. The molecule has 1 heterocycles.